The molecule has 5 rings (SSSR count). The highest BCUT2D eigenvalue weighted by molar-refractivity contribution is 6.30. The Morgan fingerprint density at radius 1 is 1.06 bits per heavy atom. The minimum absolute atomic E-state index is 0.0811. The predicted molar refractivity (Wildman–Crippen MR) is 122 cm³/mol. The highest BCUT2D eigenvalue weighted by atomic mass is 35.5. The van der Waals surface area contributed by atoms with E-state index in [1.165, 1.54) is 0 Å². The summed E-state index contributed by atoms with van der Waals surface area (Å²) in [6, 6.07) is 20.4. The molecule has 3 heterocycles. The van der Waals surface area contributed by atoms with Gasteiger partial charge in [-0.1, -0.05) is 23.7 Å². The van der Waals surface area contributed by atoms with E-state index in [-0.39, 0.29) is 12.0 Å². The number of carbonyl (C=O) groups excluding carboxylic acids is 1. The summed E-state index contributed by atoms with van der Waals surface area (Å²) in [5, 5.41) is 7.63. The first kappa shape index (κ1) is 19.5. The number of rotatable bonds is 5. The number of hydrogen-bond acceptors (Lipinski definition) is 5. The van der Waals surface area contributed by atoms with E-state index in [0.29, 0.717) is 27.8 Å². The minimum Gasteiger partial charge on any atom is -0.487 e. The van der Waals surface area contributed by atoms with Gasteiger partial charge < -0.3 is 15.4 Å². The van der Waals surface area contributed by atoms with Crippen molar-refractivity contribution in [2.45, 2.75) is 6.10 Å². The number of halogens is 1. The predicted octanol–water partition coefficient (Wildman–Crippen LogP) is 4.55. The molecule has 1 saturated heterocycles. The minimum atomic E-state index is -0.262. The van der Waals surface area contributed by atoms with Crippen LogP contribution in [0.1, 0.15) is 10.4 Å². The lowest BCUT2D eigenvalue weighted by molar-refractivity contribution is 0.102. The Morgan fingerprint density at radius 3 is 2.68 bits per heavy atom. The Morgan fingerprint density at radius 2 is 1.90 bits per heavy atom. The van der Waals surface area contributed by atoms with Gasteiger partial charge in [0.05, 0.1) is 0 Å². The van der Waals surface area contributed by atoms with Crippen LogP contribution in [-0.2, 0) is 0 Å². The topological polar surface area (TPSA) is 76.1 Å². The first-order valence-electron chi connectivity index (χ1n) is 9.96. The molecule has 0 saturated carbocycles. The Bertz CT molecular complexity index is 1260. The van der Waals surface area contributed by atoms with Gasteiger partial charge in [-0.2, -0.15) is 0 Å². The second-order valence-corrected chi connectivity index (χ2v) is 7.75. The van der Waals surface area contributed by atoms with Gasteiger partial charge in [-0.05, 0) is 60.2 Å². The Balaban J connectivity index is 1.44. The second kappa shape index (κ2) is 8.34. The third kappa shape index (κ3) is 4.21. The Hall–Kier alpha value is -3.48. The summed E-state index contributed by atoms with van der Waals surface area (Å²) in [5.74, 6) is 0.847. The van der Waals surface area contributed by atoms with Gasteiger partial charge in [0.2, 0.25) is 0 Å². The van der Waals surface area contributed by atoms with Crippen molar-refractivity contribution in [2.24, 2.45) is 0 Å². The van der Waals surface area contributed by atoms with Gasteiger partial charge in [0.1, 0.15) is 17.7 Å². The summed E-state index contributed by atoms with van der Waals surface area (Å²) in [4.78, 5) is 21.6. The number of amides is 1. The van der Waals surface area contributed by atoms with Crippen molar-refractivity contribution in [2.75, 3.05) is 18.4 Å². The summed E-state index contributed by atoms with van der Waals surface area (Å²) in [6.07, 6.45) is 1.76. The lowest BCUT2D eigenvalue weighted by Gasteiger charge is -2.29. The van der Waals surface area contributed by atoms with Gasteiger partial charge in [0.15, 0.2) is 5.65 Å². The van der Waals surface area contributed by atoms with E-state index in [1.54, 1.807) is 24.4 Å². The lowest BCUT2D eigenvalue weighted by Crippen LogP contribution is -2.50. The number of ether oxygens (including phenoxy) is 1. The number of aromatic nitrogens is 2. The molecule has 1 amide bonds. The van der Waals surface area contributed by atoms with E-state index in [9.17, 15) is 4.79 Å². The molecule has 154 valence electrons. The molecule has 1 fully saturated rings. The van der Waals surface area contributed by atoms with Crippen LogP contribution in [0.15, 0.2) is 72.9 Å². The van der Waals surface area contributed by atoms with Crippen molar-refractivity contribution >= 4 is 34.4 Å². The summed E-state index contributed by atoms with van der Waals surface area (Å²) < 4.78 is 6.16. The molecule has 31 heavy (non-hydrogen) atoms. The van der Waals surface area contributed by atoms with Gasteiger partial charge >= 0.3 is 0 Å². The maximum Gasteiger partial charge on any atom is 0.256 e. The highest BCUT2D eigenvalue weighted by Gasteiger charge is 2.21. The fourth-order valence-electron chi connectivity index (χ4n) is 3.37. The van der Waals surface area contributed by atoms with E-state index in [1.807, 2.05) is 48.5 Å². The number of nitrogens with zero attached hydrogens (tertiary/aromatic N) is 2. The summed E-state index contributed by atoms with van der Waals surface area (Å²) in [7, 11) is 0. The molecule has 6 nitrogen and oxygen atoms in total. The molecule has 2 aromatic carbocycles. The largest absolute Gasteiger partial charge is 0.487 e. The van der Waals surface area contributed by atoms with Crippen molar-refractivity contribution in [3.63, 3.8) is 0 Å². The zero-order valence-electron chi connectivity index (χ0n) is 16.5. The molecule has 1 aliphatic heterocycles. The summed E-state index contributed by atoms with van der Waals surface area (Å²) in [5.41, 5.74) is 2.96. The summed E-state index contributed by atoms with van der Waals surface area (Å²) in [6.45, 7) is 1.56. The van der Waals surface area contributed by atoms with E-state index in [2.05, 4.69) is 20.6 Å². The molecule has 0 atom stereocenters. The van der Waals surface area contributed by atoms with Gasteiger partial charge in [0, 0.05) is 40.8 Å². The third-order valence-corrected chi connectivity index (χ3v) is 5.39. The third-order valence-electron chi connectivity index (χ3n) is 5.14. The maximum atomic E-state index is 12.9. The van der Waals surface area contributed by atoms with Gasteiger partial charge in [-0.15, -0.1) is 0 Å². The molecule has 2 N–H and O–H groups in total. The lowest BCUT2D eigenvalue weighted by atomic mass is 10.0. The quantitative estimate of drug-likeness (QED) is 0.485. The molecule has 0 aliphatic carbocycles. The second-order valence-electron chi connectivity index (χ2n) is 7.32. The van der Waals surface area contributed by atoms with Gasteiger partial charge in [0.25, 0.3) is 5.91 Å². The van der Waals surface area contributed by atoms with Crippen LogP contribution < -0.4 is 15.4 Å². The molecule has 0 spiro atoms. The smallest absolute Gasteiger partial charge is 0.256 e. The van der Waals surface area contributed by atoms with Crippen LogP contribution in [0.3, 0.4) is 0 Å². The van der Waals surface area contributed by atoms with Crippen LogP contribution in [0.4, 0.5) is 5.82 Å². The number of nitrogens with one attached hydrogen (secondary N) is 2. The molecular formula is C24H19ClN4O2. The molecule has 7 heteroatoms. The maximum absolute atomic E-state index is 12.9. The van der Waals surface area contributed by atoms with E-state index >= 15 is 0 Å². The average molecular weight is 431 g/mol. The molecular weight excluding hydrogens is 412 g/mol. The van der Waals surface area contributed by atoms with Crippen molar-refractivity contribution in [1.29, 1.82) is 0 Å². The van der Waals surface area contributed by atoms with Crippen molar-refractivity contribution in [3.05, 3.63) is 83.5 Å². The van der Waals surface area contributed by atoms with Crippen LogP contribution in [0.5, 0.6) is 5.75 Å². The number of hydrogen-bond donors (Lipinski definition) is 2. The number of benzene rings is 2. The Kier molecular flexibility index (Phi) is 5.24. The number of fused-ring (bicyclic) bond motifs is 1. The normalized spacial score (nSPS) is 13.6. The molecule has 2 aromatic heterocycles. The van der Waals surface area contributed by atoms with Crippen molar-refractivity contribution in [3.8, 4) is 16.9 Å². The zero-order valence-corrected chi connectivity index (χ0v) is 17.3. The number of pyridine rings is 2. The first-order valence-corrected chi connectivity index (χ1v) is 10.3. The molecule has 0 radical (unpaired) electrons. The van der Waals surface area contributed by atoms with Gasteiger partial charge in [-0.25, -0.2) is 9.97 Å². The molecule has 0 bridgehead atoms. The highest BCUT2D eigenvalue weighted by Crippen LogP contribution is 2.33. The Labute approximate surface area is 184 Å². The van der Waals surface area contributed by atoms with E-state index < -0.39 is 0 Å². The standard InChI is InChI=1S/C24H19ClN4O2/c25-18-7-3-15(4-8-18)20-9-5-17(12-21(20)31-19-13-26-14-19)24(30)29-22-10-6-16-2-1-11-27-23(16)28-22/h1-12,19,26H,13-14H2,(H,27,28,29,30). The molecule has 1 aliphatic rings. The zero-order chi connectivity index (χ0) is 21.2. The van der Waals surface area contributed by atoms with Crippen molar-refractivity contribution < 1.29 is 9.53 Å². The van der Waals surface area contributed by atoms with Crippen LogP contribution >= 0.6 is 11.6 Å². The van der Waals surface area contributed by atoms with E-state index in [0.717, 1.165) is 29.6 Å². The van der Waals surface area contributed by atoms with Crippen molar-refractivity contribution in [1.82, 2.24) is 15.3 Å². The van der Waals surface area contributed by atoms with Crippen LogP contribution in [0.2, 0.25) is 5.02 Å². The first-order chi connectivity index (χ1) is 15.2. The fourth-order valence-corrected chi connectivity index (χ4v) is 3.49. The van der Waals surface area contributed by atoms with E-state index in [4.69, 9.17) is 16.3 Å². The monoisotopic (exact) mass is 430 g/mol. The SMILES string of the molecule is O=C(Nc1ccc2cccnc2n1)c1ccc(-c2ccc(Cl)cc2)c(OC2CNC2)c1. The molecule has 4 aromatic rings. The fraction of sp³-hybridized carbons (Fsp3) is 0.125. The number of carbonyl (C=O) groups is 1. The van der Waals surface area contributed by atoms with Crippen LogP contribution in [0.25, 0.3) is 22.2 Å². The summed E-state index contributed by atoms with van der Waals surface area (Å²) >= 11 is 6.03. The average Bonchev–Trinajstić information content (AvgIpc) is 2.77. The van der Waals surface area contributed by atoms with Gasteiger partial charge in [-0.3, -0.25) is 4.79 Å². The number of anilines is 1. The molecule has 0 unspecified atom stereocenters. The van der Waals surface area contributed by atoms with Crippen LogP contribution in [0, 0.1) is 0 Å². The van der Waals surface area contributed by atoms with Crippen LogP contribution in [-0.4, -0.2) is 35.1 Å².